The predicted molar refractivity (Wildman–Crippen MR) is 137 cm³/mol. The highest BCUT2D eigenvalue weighted by Crippen LogP contribution is 2.42. The average molecular weight is 485 g/mol. The Balaban J connectivity index is 1.41. The molecule has 1 saturated carbocycles. The van der Waals surface area contributed by atoms with Crippen molar-refractivity contribution in [3.05, 3.63) is 35.4 Å². The molecule has 4 fully saturated rings. The van der Waals surface area contributed by atoms with Crippen LogP contribution in [0.1, 0.15) is 83.3 Å². The molecule has 1 aliphatic carbocycles. The van der Waals surface area contributed by atoms with Crippen molar-refractivity contribution in [1.29, 1.82) is 0 Å². The van der Waals surface area contributed by atoms with Crippen molar-refractivity contribution in [2.24, 2.45) is 5.92 Å². The average Bonchev–Trinajstić information content (AvgIpc) is 2.84. The van der Waals surface area contributed by atoms with E-state index in [4.69, 9.17) is 9.47 Å². The summed E-state index contributed by atoms with van der Waals surface area (Å²) in [7, 11) is 1.78. The molecule has 3 saturated heterocycles. The van der Waals surface area contributed by atoms with Gasteiger partial charge in [-0.05, 0) is 89.4 Å². The Hall–Kier alpha value is -2.08. The summed E-state index contributed by atoms with van der Waals surface area (Å²) in [4.78, 5) is 30.1. The van der Waals surface area contributed by atoms with Crippen molar-refractivity contribution >= 4 is 12.1 Å². The van der Waals surface area contributed by atoms with Crippen molar-refractivity contribution < 1.29 is 19.1 Å². The van der Waals surface area contributed by atoms with Crippen LogP contribution in [0.5, 0.6) is 0 Å². The first-order valence-corrected chi connectivity index (χ1v) is 13.6. The SMILES string of the molecule is CN(CCCc1cccc(C2(C(=O)O[C@H]3CN4CCC3CC4)CCCCC2)c1)C(=O)OC(C)(C)C. The lowest BCUT2D eigenvalue weighted by molar-refractivity contribution is -0.167. The molecule has 1 aromatic rings. The maximum absolute atomic E-state index is 13.8. The van der Waals surface area contributed by atoms with E-state index in [1.807, 2.05) is 20.8 Å². The van der Waals surface area contributed by atoms with Gasteiger partial charge < -0.3 is 14.4 Å². The van der Waals surface area contributed by atoms with E-state index in [0.29, 0.717) is 12.5 Å². The monoisotopic (exact) mass is 484 g/mol. The second-order valence-corrected chi connectivity index (χ2v) is 11.9. The number of rotatable bonds is 7. The third-order valence-corrected chi connectivity index (χ3v) is 8.10. The summed E-state index contributed by atoms with van der Waals surface area (Å²) in [6.45, 7) is 9.47. The summed E-state index contributed by atoms with van der Waals surface area (Å²) < 4.78 is 11.8. The van der Waals surface area contributed by atoms with Gasteiger partial charge in [0.05, 0.1) is 5.41 Å². The molecule has 1 aromatic carbocycles. The van der Waals surface area contributed by atoms with Gasteiger partial charge in [0.1, 0.15) is 11.7 Å². The molecule has 0 spiro atoms. The Labute approximate surface area is 211 Å². The van der Waals surface area contributed by atoms with Crippen LogP contribution in [-0.4, -0.2) is 66.8 Å². The molecule has 4 aliphatic rings. The maximum atomic E-state index is 13.8. The zero-order valence-corrected chi connectivity index (χ0v) is 22.2. The fourth-order valence-electron chi connectivity index (χ4n) is 6.04. The zero-order valence-electron chi connectivity index (χ0n) is 22.2. The third kappa shape index (κ3) is 6.38. The van der Waals surface area contributed by atoms with Crippen LogP contribution in [0, 0.1) is 5.92 Å². The number of esters is 1. The van der Waals surface area contributed by atoms with Crippen molar-refractivity contribution in [2.45, 2.75) is 95.7 Å². The number of benzene rings is 1. The lowest BCUT2D eigenvalue weighted by Gasteiger charge is -2.45. The van der Waals surface area contributed by atoms with Gasteiger partial charge in [0, 0.05) is 20.1 Å². The van der Waals surface area contributed by atoms with Gasteiger partial charge in [-0.2, -0.15) is 0 Å². The largest absolute Gasteiger partial charge is 0.460 e. The number of hydrogen-bond acceptors (Lipinski definition) is 5. The quantitative estimate of drug-likeness (QED) is 0.490. The first-order chi connectivity index (χ1) is 16.7. The summed E-state index contributed by atoms with van der Waals surface area (Å²) in [6, 6.07) is 8.56. The van der Waals surface area contributed by atoms with Gasteiger partial charge in [-0.1, -0.05) is 43.5 Å². The number of nitrogens with zero attached hydrogens (tertiary/aromatic N) is 2. The van der Waals surface area contributed by atoms with Crippen LogP contribution in [0.2, 0.25) is 0 Å². The number of piperidine rings is 3. The first kappa shape index (κ1) is 26.0. The highest BCUT2D eigenvalue weighted by molar-refractivity contribution is 5.83. The minimum Gasteiger partial charge on any atom is -0.460 e. The Bertz CT molecular complexity index is 879. The molecule has 6 heteroatoms. The molecule has 3 heterocycles. The molecule has 3 aliphatic heterocycles. The summed E-state index contributed by atoms with van der Waals surface area (Å²) in [5.74, 6) is 0.524. The number of carbonyl (C=O) groups is 2. The molecule has 0 aromatic heterocycles. The molecule has 35 heavy (non-hydrogen) atoms. The van der Waals surface area contributed by atoms with Gasteiger partial charge in [0.25, 0.3) is 0 Å². The van der Waals surface area contributed by atoms with E-state index in [-0.39, 0.29) is 18.2 Å². The van der Waals surface area contributed by atoms with Crippen LogP contribution in [-0.2, 0) is 26.1 Å². The molecular weight excluding hydrogens is 440 g/mol. The Kier molecular flexibility index (Phi) is 8.09. The fourth-order valence-corrected chi connectivity index (χ4v) is 6.04. The summed E-state index contributed by atoms with van der Waals surface area (Å²) >= 11 is 0. The van der Waals surface area contributed by atoms with Gasteiger partial charge in [0.15, 0.2) is 0 Å². The molecule has 0 radical (unpaired) electrons. The predicted octanol–water partition coefficient (Wildman–Crippen LogP) is 5.33. The van der Waals surface area contributed by atoms with Gasteiger partial charge in [0.2, 0.25) is 0 Å². The fraction of sp³-hybridized carbons (Fsp3) is 0.724. The van der Waals surface area contributed by atoms with Gasteiger partial charge in [-0.3, -0.25) is 9.69 Å². The molecule has 194 valence electrons. The molecular formula is C29H44N2O4. The van der Waals surface area contributed by atoms with Crippen LogP contribution in [0.25, 0.3) is 0 Å². The van der Waals surface area contributed by atoms with Crippen molar-refractivity contribution in [2.75, 3.05) is 33.2 Å². The number of carbonyl (C=O) groups excluding carboxylic acids is 2. The maximum Gasteiger partial charge on any atom is 0.410 e. The van der Waals surface area contributed by atoms with Crippen LogP contribution in [0.15, 0.2) is 24.3 Å². The minimum absolute atomic E-state index is 0.00207. The lowest BCUT2D eigenvalue weighted by Crippen LogP contribution is -2.53. The van der Waals surface area contributed by atoms with E-state index < -0.39 is 11.0 Å². The molecule has 6 nitrogen and oxygen atoms in total. The Morgan fingerprint density at radius 2 is 1.83 bits per heavy atom. The van der Waals surface area contributed by atoms with E-state index in [1.54, 1.807) is 11.9 Å². The van der Waals surface area contributed by atoms with Crippen LogP contribution in [0.4, 0.5) is 4.79 Å². The van der Waals surface area contributed by atoms with Gasteiger partial charge in [-0.15, -0.1) is 0 Å². The van der Waals surface area contributed by atoms with E-state index >= 15 is 0 Å². The molecule has 5 rings (SSSR count). The zero-order chi connectivity index (χ0) is 25.1. The standard InChI is InChI=1S/C29H44N2O4/c1-28(2,3)35-27(33)30(4)17-9-11-22-10-8-12-24(20-22)29(15-6-5-7-16-29)26(32)34-25-21-31-18-13-23(25)14-19-31/h8,10,12,20,23,25H,5-7,9,11,13-19,21H2,1-4H3/t25-/m0/s1. The Morgan fingerprint density at radius 3 is 2.46 bits per heavy atom. The van der Waals surface area contributed by atoms with E-state index in [0.717, 1.165) is 76.6 Å². The van der Waals surface area contributed by atoms with Crippen molar-refractivity contribution in [1.82, 2.24) is 9.80 Å². The number of aryl methyl sites for hydroxylation is 1. The normalized spacial score (nSPS) is 25.7. The lowest BCUT2D eigenvalue weighted by atomic mass is 9.69. The van der Waals surface area contributed by atoms with Crippen LogP contribution < -0.4 is 0 Å². The van der Waals surface area contributed by atoms with Crippen LogP contribution >= 0.6 is 0 Å². The number of amides is 1. The second-order valence-electron chi connectivity index (χ2n) is 11.9. The highest BCUT2D eigenvalue weighted by Gasteiger charge is 2.45. The van der Waals surface area contributed by atoms with E-state index in [9.17, 15) is 9.59 Å². The topological polar surface area (TPSA) is 59.1 Å². The second kappa shape index (κ2) is 10.9. The smallest absolute Gasteiger partial charge is 0.410 e. The molecule has 2 bridgehead atoms. The summed E-state index contributed by atoms with van der Waals surface area (Å²) in [5.41, 5.74) is 1.31. The minimum atomic E-state index is -0.520. The van der Waals surface area contributed by atoms with E-state index in [2.05, 4.69) is 29.2 Å². The van der Waals surface area contributed by atoms with Crippen molar-refractivity contribution in [3.8, 4) is 0 Å². The first-order valence-electron chi connectivity index (χ1n) is 13.6. The summed E-state index contributed by atoms with van der Waals surface area (Å²) in [6.07, 6.45) is 8.83. The molecule has 1 atom stereocenters. The molecule has 0 unspecified atom stereocenters. The van der Waals surface area contributed by atoms with E-state index in [1.165, 1.54) is 12.0 Å². The highest BCUT2D eigenvalue weighted by atomic mass is 16.6. The van der Waals surface area contributed by atoms with Crippen LogP contribution in [0.3, 0.4) is 0 Å². The summed E-state index contributed by atoms with van der Waals surface area (Å²) in [5, 5.41) is 0. The number of hydrogen-bond donors (Lipinski definition) is 0. The third-order valence-electron chi connectivity index (χ3n) is 8.10. The van der Waals surface area contributed by atoms with Crippen molar-refractivity contribution in [3.63, 3.8) is 0 Å². The van der Waals surface area contributed by atoms with Gasteiger partial charge in [-0.25, -0.2) is 4.79 Å². The molecule has 0 N–H and O–H groups in total. The number of fused-ring (bicyclic) bond motifs is 3. The number of ether oxygens (including phenoxy) is 2. The Morgan fingerprint density at radius 1 is 1.11 bits per heavy atom. The van der Waals surface area contributed by atoms with Gasteiger partial charge >= 0.3 is 12.1 Å². The molecule has 1 amide bonds.